The molecule has 4 aromatic rings. The summed E-state index contributed by atoms with van der Waals surface area (Å²) in [6.45, 7) is 7.58. The van der Waals surface area contributed by atoms with Gasteiger partial charge in [0.1, 0.15) is 18.0 Å². The molecule has 0 unspecified atom stereocenters. The van der Waals surface area contributed by atoms with Gasteiger partial charge in [-0.25, -0.2) is 4.39 Å². The van der Waals surface area contributed by atoms with E-state index in [1.165, 1.54) is 0 Å². The molecule has 0 radical (unpaired) electrons. The Morgan fingerprint density at radius 1 is 0.622 bits per heavy atom. The summed E-state index contributed by atoms with van der Waals surface area (Å²) >= 11 is 0. The fraction of sp³-hybridized carbons (Fsp3) is 0.385. The van der Waals surface area contributed by atoms with Gasteiger partial charge in [0.25, 0.3) is 0 Å². The summed E-state index contributed by atoms with van der Waals surface area (Å²) in [6, 6.07) is 38.2. The van der Waals surface area contributed by atoms with E-state index in [0.29, 0.717) is 25.7 Å². The summed E-state index contributed by atoms with van der Waals surface area (Å²) in [5.41, 5.74) is 4.55. The average Bonchev–Trinajstić information content (AvgIpc) is 3.09. The minimum Gasteiger partial charge on any atom is -0.372 e. The fourth-order valence-electron chi connectivity index (χ4n) is 6.69. The number of piperidine rings is 2. The van der Waals surface area contributed by atoms with E-state index in [0.717, 1.165) is 61.4 Å². The number of nitrogens with zero attached hydrogens (tertiary/aromatic N) is 2. The van der Waals surface area contributed by atoms with Crippen LogP contribution in [0.15, 0.2) is 115 Å². The maximum absolute atomic E-state index is 13.5. The fourth-order valence-corrected chi connectivity index (χ4v) is 6.69. The number of anilines is 1. The molecule has 0 aromatic heterocycles. The van der Waals surface area contributed by atoms with Crippen LogP contribution in [0.1, 0.15) is 36.5 Å². The zero-order chi connectivity index (χ0) is 30.8. The van der Waals surface area contributed by atoms with E-state index in [1.807, 2.05) is 30.3 Å². The van der Waals surface area contributed by atoms with Gasteiger partial charge in [-0.05, 0) is 66.6 Å². The Hall–Kier alpha value is -3.55. The van der Waals surface area contributed by atoms with Gasteiger partial charge in [-0.3, -0.25) is 4.90 Å². The predicted molar refractivity (Wildman–Crippen MR) is 177 cm³/mol. The van der Waals surface area contributed by atoms with E-state index in [4.69, 9.17) is 14.2 Å². The van der Waals surface area contributed by atoms with Crippen molar-refractivity contribution in [2.24, 2.45) is 5.92 Å². The monoisotopic (exact) mass is 608 g/mol. The van der Waals surface area contributed by atoms with Crippen molar-refractivity contribution < 1.29 is 18.6 Å². The van der Waals surface area contributed by atoms with Gasteiger partial charge >= 0.3 is 0 Å². The number of likely N-dealkylation sites (tertiary alicyclic amines) is 1. The van der Waals surface area contributed by atoms with Crippen LogP contribution in [0.2, 0.25) is 0 Å². The first kappa shape index (κ1) is 31.4. The largest absolute Gasteiger partial charge is 0.372 e. The third kappa shape index (κ3) is 8.59. The molecule has 0 bridgehead atoms. The molecule has 2 saturated heterocycles. The van der Waals surface area contributed by atoms with Crippen LogP contribution < -0.4 is 4.90 Å². The van der Waals surface area contributed by atoms with Crippen molar-refractivity contribution in [2.75, 3.05) is 31.1 Å². The third-order valence-electron chi connectivity index (χ3n) is 9.33. The van der Waals surface area contributed by atoms with Gasteiger partial charge in [-0.2, -0.15) is 0 Å². The van der Waals surface area contributed by atoms with E-state index < -0.39 is 0 Å². The molecule has 2 aliphatic rings. The molecule has 0 aliphatic carbocycles. The Morgan fingerprint density at radius 3 is 1.64 bits per heavy atom. The Morgan fingerprint density at radius 2 is 1.11 bits per heavy atom. The smallest absolute Gasteiger partial charge is 0.123 e. The van der Waals surface area contributed by atoms with E-state index in [2.05, 4.69) is 89.5 Å². The Labute approximate surface area is 267 Å². The van der Waals surface area contributed by atoms with E-state index >= 15 is 0 Å². The molecule has 2 heterocycles. The minimum absolute atomic E-state index is 0.148. The summed E-state index contributed by atoms with van der Waals surface area (Å²) in [5, 5.41) is 0. The first-order valence-electron chi connectivity index (χ1n) is 16.3. The van der Waals surface area contributed by atoms with Crippen LogP contribution in [-0.2, 0) is 34.0 Å². The van der Waals surface area contributed by atoms with Crippen molar-refractivity contribution in [2.45, 2.75) is 63.9 Å². The molecule has 5 nitrogen and oxygen atoms in total. The molecule has 0 amide bonds. The molecule has 4 aromatic carbocycles. The zero-order valence-corrected chi connectivity index (χ0v) is 26.2. The van der Waals surface area contributed by atoms with Gasteiger partial charge < -0.3 is 19.1 Å². The second-order valence-electron chi connectivity index (χ2n) is 12.5. The van der Waals surface area contributed by atoms with Gasteiger partial charge in [0.05, 0.1) is 25.9 Å². The number of ether oxygens (including phenoxy) is 3. The highest BCUT2D eigenvalue weighted by Crippen LogP contribution is 2.31. The van der Waals surface area contributed by atoms with Gasteiger partial charge in [-0.15, -0.1) is 0 Å². The summed E-state index contributed by atoms with van der Waals surface area (Å²) in [4.78, 5) is 4.95. The summed E-state index contributed by atoms with van der Waals surface area (Å²) in [6.07, 6.45) is 1.66. The number of hydrogen-bond donors (Lipinski definition) is 0. The molecule has 0 saturated carbocycles. The Bertz CT molecular complexity index is 1420. The van der Waals surface area contributed by atoms with Crippen molar-refractivity contribution in [3.63, 3.8) is 0 Å². The molecule has 236 valence electrons. The molecular formula is C39H45FN2O3. The topological polar surface area (TPSA) is 34.2 Å². The molecule has 6 heteroatoms. The van der Waals surface area contributed by atoms with Crippen LogP contribution in [0, 0.1) is 11.7 Å². The van der Waals surface area contributed by atoms with Crippen molar-refractivity contribution in [3.05, 3.63) is 138 Å². The highest BCUT2D eigenvalue weighted by atomic mass is 19.1. The molecule has 0 spiro atoms. The van der Waals surface area contributed by atoms with Gasteiger partial charge in [0.15, 0.2) is 0 Å². The zero-order valence-electron chi connectivity index (χ0n) is 26.2. The summed E-state index contributed by atoms with van der Waals surface area (Å²) in [5.74, 6) is 0.377. The Kier molecular flexibility index (Phi) is 10.9. The lowest BCUT2D eigenvalue weighted by atomic mass is 9.90. The molecule has 2 aliphatic heterocycles. The Balaban J connectivity index is 1.18. The average molecular weight is 609 g/mol. The van der Waals surface area contributed by atoms with Crippen LogP contribution in [0.5, 0.6) is 0 Å². The highest BCUT2D eigenvalue weighted by molar-refractivity contribution is 5.46. The quantitative estimate of drug-likeness (QED) is 0.166. The van der Waals surface area contributed by atoms with Gasteiger partial charge in [-0.1, -0.05) is 91.0 Å². The lowest BCUT2D eigenvalue weighted by Crippen LogP contribution is -2.63. The molecule has 6 rings (SSSR count). The second-order valence-corrected chi connectivity index (χ2v) is 12.5. The second kappa shape index (κ2) is 15.6. The third-order valence-corrected chi connectivity index (χ3v) is 9.33. The maximum Gasteiger partial charge on any atom is 0.123 e. The highest BCUT2D eigenvalue weighted by Gasteiger charge is 2.44. The molecule has 4 atom stereocenters. The first-order chi connectivity index (χ1) is 22.1. The lowest BCUT2D eigenvalue weighted by molar-refractivity contribution is -0.202. The number of rotatable bonds is 12. The molecule has 2 fully saturated rings. The molecule has 45 heavy (non-hydrogen) atoms. The standard InChI is InChI=1S/C39H45FN2O3/c1-30-38(44-28-33-13-7-3-8-14-33)39(45-29-34-15-9-4-10-16-34)37(43-27-32-11-5-2-6-12-32)26-42(30)25-31-21-23-41(24-22-31)36-19-17-35(40)18-20-36/h2-20,30-31,37-39H,21-29H2,1H3/t30-,37+,38-,39-/m1/s1. The number of halogens is 1. The number of hydrogen-bond acceptors (Lipinski definition) is 5. The van der Waals surface area contributed by atoms with E-state index in [1.54, 1.807) is 12.1 Å². The predicted octanol–water partition coefficient (Wildman–Crippen LogP) is 7.50. The maximum atomic E-state index is 13.5. The van der Waals surface area contributed by atoms with E-state index in [9.17, 15) is 4.39 Å². The minimum atomic E-state index is -0.218. The van der Waals surface area contributed by atoms with E-state index in [-0.39, 0.29) is 30.2 Å². The van der Waals surface area contributed by atoms with Crippen LogP contribution in [0.25, 0.3) is 0 Å². The van der Waals surface area contributed by atoms with Crippen LogP contribution in [0.3, 0.4) is 0 Å². The SMILES string of the molecule is C[C@@H]1[C@@H](OCc2ccccc2)[C@H](OCc2ccccc2)[C@@H](OCc2ccccc2)CN1CC1CCN(c2ccc(F)cc2)CC1. The van der Waals surface area contributed by atoms with Crippen molar-refractivity contribution in [1.29, 1.82) is 0 Å². The van der Waals surface area contributed by atoms with Crippen LogP contribution in [-0.4, -0.2) is 55.4 Å². The van der Waals surface area contributed by atoms with Crippen molar-refractivity contribution in [1.82, 2.24) is 4.90 Å². The normalized spacial score (nSPS) is 22.8. The molecule has 0 N–H and O–H groups in total. The lowest BCUT2D eigenvalue weighted by Gasteiger charge is -2.49. The summed E-state index contributed by atoms with van der Waals surface area (Å²) in [7, 11) is 0. The number of benzene rings is 4. The molecular weight excluding hydrogens is 563 g/mol. The van der Waals surface area contributed by atoms with Gasteiger partial charge in [0.2, 0.25) is 0 Å². The van der Waals surface area contributed by atoms with Crippen molar-refractivity contribution in [3.8, 4) is 0 Å². The van der Waals surface area contributed by atoms with Gasteiger partial charge in [0, 0.05) is 37.9 Å². The van der Waals surface area contributed by atoms with Crippen LogP contribution in [0.4, 0.5) is 10.1 Å². The van der Waals surface area contributed by atoms with Crippen LogP contribution >= 0.6 is 0 Å². The first-order valence-corrected chi connectivity index (χ1v) is 16.3. The van der Waals surface area contributed by atoms with Crippen molar-refractivity contribution >= 4 is 5.69 Å². The summed E-state index contributed by atoms with van der Waals surface area (Å²) < 4.78 is 33.7.